The number of benzene rings is 4. The van der Waals surface area contributed by atoms with E-state index < -0.39 is 46.9 Å². The standard InChI is InChI=1S/C46H59F3N4O6SSi/c1-34-18-19-35(27-43(34)59-61(45(2,3)4,41-14-10-8-11-15-41)42-16-12-9-13-17-42)26-38-31-51(20-21-52-24-25-58-39(32-52)33-57-7)22-23-53(38)44(54)36-28-37(46(47,48)49)30-40(29-36)60(55,56)50(5)6/h8-19,27-30,38-39H,20-26,31-33H2,1-7H3. The van der Waals surface area contributed by atoms with E-state index in [0.717, 1.165) is 63.3 Å². The first-order valence-electron chi connectivity index (χ1n) is 20.7. The molecular weight excluding hydrogens is 822 g/mol. The third-order valence-corrected chi connectivity index (χ3v) is 18.5. The summed E-state index contributed by atoms with van der Waals surface area (Å²) in [5.74, 6) is 0.0733. The van der Waals surface area contributed by atoms with E-state index in [2.05, 4.69) is 54.8 Å². The maximum Gasteiger partial charge on any atom is 0.416 e. The van der Waals surface area contributed by atoms with Crippen molar-refractivity contribution in [3.8, 4) is 5.75 Å². The minimum Gasteiger partial charge on any atom is -0.534 e. The Morgan fingerprint density at radius 1 is 0.852 bits per heavy atom. The van der Waals surface area contributed by atoms with Crippen LogP contribution in [0.4, 0.5) is 13.2 Å². The number of carbonyl (C=O) groups excluding carboxylic acids is 1. The van der Waals surface area contributed by atoms with Gasteiger partial charge in [0.05, 0.1) is 29.8 Å². The zero-order valence-electron chi connectivity index (χ0n) is 36.2. The van der Waals surface area contributed by atoms with Gasteiger partial charge in [-0.25, -0.2) is 12.7 Å². The van der Waals surface area contributed by atoms with Gasteiger partial charge in [-0.2, -0.15) is 13.2 Å². The smallest absolute Gasteiger partial charge is 0.416 e. The molecule has 2 aliphatic heterocycles. The Kier molecular flexibility index (Phi) is 14.5. The van der Waals surface area contributed by atoms with Crippen molar-refractivity contribution in [3.05, 3.63) is 119 Å². The van der Waals surface area contributed by atoms with Crippen molar-refractivity contribution < 1.29 is 40.3 Å². The largest absolute Gasteiger partial charge is 0.534 e. The molecule has 0 aliphatic carbocycles. The van der Waals surface area contributed by atoms with E-state index in [9.17, 15) is 26.4 Å². The van der Waals surface area contributed by atoms with E-state index in [1.54, 1.807) is 12.0 Å². The topological polar surface area (TPSA) is 91.9 Å². The Bertz CT molecular complexity index is 2180. The van der Waals surface area contributed by atoms with Gasteiger partial charge >= 0.3 is 14.5 Å². The lowest BCUT2D eigenvalue weighted by molar-refractivity contribution is -0.137. The van der Waals surface area contributed by atoms with Crippen LogP contribution in [-0.4, -0.2) is 134 Å². The van der Waals surface area contributed by atoms with E-state index in [4.69, 9.17) is 13.9 Å². The van der Waals surface area contributed by atoms with Gasteiger partial charge in [-0.05, 0) is 64.1 Å². The van der Waals surface area contributed by atoms with Crippen molar-refractivity contribution in [1.82, 2.24) is 19.0 Å². The van der Waals surface area contributed by atoms with Gasteiger partial charge in [0.25, 0.3) is 5.91 Å². The van der Waals surface area contributed by atoms with Gasteiger partial charge in [-0.3, -0.25) is 14.6 Å². The average molecular weight is 881 g/mol. The second kappa shape index (κ2) is 19.1. The molecule has 0 radical (unpaired) electrons. The van der Waals surface area contributed by atoms with Gasteiger partial charge in [0, 0.05) is 78.6 Å². The molecule has 2 aliphatic rings. The second-order valence-corrected chi connectivity index (χ2v) is 23.7. The Morgan fingerprint density at radius 2 is 1.48 bits per heavy atom. The van der Waals surface area contributed by atoms with Crippen molar-refractivity contribution in [2.75, 3.05) is 80.2 Å². The van der Waals surface area contributed by atoms with Crippen LogP contribution in [0.5, 0.6) is 5.75 Å². The summed E-state index contributed by atoms with van der Waals surface area (Å²) in [6, 6.07) is 28.8. The molecule has 10 nitrogen and oxygen atoms in total. The number of morpholine rings is 1. The van der Waals surface area contributed by atoms with Gasteiger partial charge in [0.1, 0.15) is 5.75 Å². The fourth-order valence-corrected chi connectivity index (χ4v) is 14.0. The molecule has 0 saturated carbocycles. The van der Waals surface area contributed by atoms with Crippen molar-refractivity contribution in [3.63, 3.8) is 0 Å². The number of nitrogens with zero attached hydrogens (tertiary/aromatic N) is 4. The van der Waals surface area contributed by atoms with Crippen LogP contribution in [0, 0.1) is 6.92 Å². The lowest BCUT2D eigenvalue weighted by atomic mass is 9.99. The SMILES string of the molecule is COCC1CN(CCN2CCN(C(=O)c3cc(C(F)(F)F)cc(S(=O)(=O)N(C)C)c3)C(Cc3ccc(C)c(O[Si](c4ccccc4)(c4ccccc4)C(C)(C)C)c3)C2)CCO1. The average Bonchev–Trinajstić information content (AvgIpc) is 3.23. The number of sulfonamides is 1. The molecule has 4 aromatic carbocycles. The minimum absolute atomic E-state index is 0.0172. The normalized spacial score (nSPS) is 18.7. The van der Waals surface area contributed by atoms with Crippen LogP contribution in [0.25, 0.3) is 0 Å². The highest BCUT2D eigenvalue weighted by atomic mass is 32.2. The van der Waals surface area contributed by atoms with Crippen LogP contribution >= 0.6 is 0 Å². The highest BCUT2D eigenvalue weighted by molar-refractivity contribution is 7.89. The van der Waals surface area contributed by atoms with E-state index in [1.165, 1.54) is 14.1 Å². The number of halogens is 3. The van der Waals surface area contributed by atoms with Gasteiger partial charge in [-0.1, -0.05) is 93.6 Å². The van der Waals surface area contributed by atoms with Crippen LogP contribution in [0.1, 0.15) is 47.8 Å². The number of ether oxygens (including phenoxy) is 2. The van der Waals surface area contributed by atoms with Crippen molar-refractivity contribution in [2.24, 2.45) is 0 Å². The summed E-state index contributed by atoms with van der Waals surface area (Å²) < 4.78 is 88.6. The number of rotatable bonds is 14. The molecule has 0 spiro atoms. The summed E-state index contributed by atoms with van der Waals surface area (Å²) in [5, 5.41) is 1.96. The van der Waals surface area contributed by atoms with Crippen LogP contribution < -0.4 is 14.8 Å². The predicted molar refractivity (Wildman–Crippen MR) is 235 cm³/mol. The van der Waals surface area contributed by atoms with Crippen molar-refractivity contribution in [2.45, 2.75) is 62.4 Å². The Hall–Kier alpha value is -4.09. The molecular formula is C46H59F3N4O6SSi. The van der Waals surface area contributed by atoms with Crippen LogP contribution in [0.3, 0.4) is 0 Å². The molecule has 2 fully saturated rings. The number of carbonyl (C=O) groups is 1. The second-order valence-electron chi connectivity index (χ2n) is 17.3. The summed E-state index contributed by atoms with van der Waals surface area (Å²) in [6.45, 7) is 14.0. The third-order valence-electron chi connectivity index (χ3n) is 11.8. The lowest BCUT2D eigenvalue weighted by Crippen LogP contribution is -2.68. The summed E-state index contributed by atoms with van der Waals surface area (Å²) >= 11 is 0. The number of piperazine rings is 1. The molecule has 2 heterocycles. The number of hydrogen-bond donors (Lipinski definition) is 0. The number of aryl methyl sites for hydroxylation is 1. The van der Waals surface area contributed by atoms with Gasteiger partial charge in [0.15, 0.2) is 0 Å². The number of methoxy groups -OCH3 is 1. The van der Waals surface area contributed by atoms with Crippen LogP contribution in [0.2, 0.25) is 5.04 Å². The minimum atomic E-state index is -4.88. The summed E-state index contributed by atoms with van der Waals surface area (Å²) in [7, 11) is -3.16. The molecule has 330 valence electrons. The summed E-state index contributed by atoms with van der Waals surface area (Å²) in [4.78, 5) is 20.2. The molecule has 0 N–H and O–H groups in total. The highest BCUT2D eigenvalue weighted by Crippen LogP contribution is 2.39. The van der Waals surface area contributed by atoms with Crippen molar-refractivity contribution in [1.29, 1.82) is 0 Å². The molecule has 0 bridgehead atoms. The molecule has 2 saturated heterocycles. The fourth-order valence-electron chi connectivity index (χ4n) is 8.50. The van der Waals surface area contributed by atoms with E-state index in [0.29, 0.717) is 45.3 Å². The first-order valence-corrected chi connectivity index (χ1v) is 24.1. The molecule has 2 unspecified atom stereocenters. The van der Waals surface area contributed by atoms with Gasteiger partial charge < -0.3 is 18.8 Å². The quantitative estimate of drug-likeness (QED) is 0.144. The Morgan fingerprint density at radius 3 is 2.05 bits per heavy atom. The fraction of sp³-hybridized carbons (Fsp3) is 0.457. The molecule has 0 aromatic heterocycles. The van der Waals surface area contributed by atoms with Crippen molar-refractivity contribution >= 4 is 34.6 Å². The lowest BCUT2D eigenvalue weighted by Gasteiger charge is -2.44. The predicted octanol–water partition coefficient (Wildman–Crippen LogP) is 5.92. The van der Waals surface area contributed by atoms with Crippen LogP contribution in [0.15, 0.2) is 102 Å². The van der Waals surface area contributed by atoms with Gasteiger partial charge in [-0.15, -0.1) is 0 Å². The molecule has 6 rings (SSSR count). The van der Waals surface area contributed by atoms with E-state index in [1.807, 2.05) is 61.5 Å². The number of amides is 1. The maximum absolute atomic E-state index is 14.5. The monoisotopic (exact) mass is 880 g/mol. The molecule has 61 heavy (non-hydrogen) atoms. The Balaban J connectivity index is 1.36. The summed E-state index contributed by atoms with van der Waals surface area (Å²) in [6.07, 6.45) is -4.51. The number of hydrogen-bond acceptors (Lipinski definition) is 8. The maximum atomic E-state index is 14.5. The zero-order valence-corrected chi connectivity index (χ0v) is 38.1. The highest BCUT2D eigenvalue weighted by Gasteiger charge is 2.52. The van der Waals surface area contributed by atoms with Crippen LogP contribution in [-0.2, 0) is 32.1 Å². The Labute approximate surface area is 360 Å². The molecule has 4 aromatic rings. The van der Waals surface area contributed by atoms with Gasteiger partial charge in [0.2, 0.25) is 10.0 Å². The number of alkyl halides is 3. The van der Waals surface area contributed by atoms with E-state index >= 15 is 0 Å². The molecule has 1 amide bonds. The molecule has 15 heteroatoms. The molecule has 2 atom stereocenters. The zero-order chi connectivity index (χ0) is 44.2. The summed E-state index contributed by atoms with van der Waals surface area (Å²) in [5.41, 5.74) is 0.324. The van der Waals surface area contributed by atoms with E-state index in [-0.39, 0.29) is 23.3 Å². The third kappa shape index (κ3) is 10.6. The first-order chi connectivity index (χ1) is 28.8. The first kappa shape index (κ1) is 46.4.